The number of carbonyl (C=O) groups excluding carboxylic acids is 1. The molecule has 0 saturated carbocycles. The fraction of sp³-hybridized carbons (Fsp3) is 0.143. The molecule has 3 rings (SSSR count). The number of nitrogens with zero attached hydrogens (tertiary/aromatic N) is 1. The van der Waals surface area contributed by atoms with Crippen molar-refractivity contribution in [1.29, 1.82) is 5.26 Å². The summed E-state index contributed by atoms with van der Waals surface area (Å²) < 4.78 is 5.73. The third-order valence-corrected chi connectivity index (χ3v) is 5.02. The Morgan fingerprint density at radius 2 is 1.92 bits per heavy atom. The molecule has 3 aromatic rings. The highest BCUT2D eigenvalue weighted by Gasteiger charge is 2.12. The molecule has 0 aliphatic heterocycles. The molecule has 5 heteroatoms. The van der Waals surface area contributed by atoms with Crippen LogP contribution in [-0.4, -0.2) is 5.91 Å². The highest BCUT2D eigenvalue weighted by atomic mass is 32.1. The zero-order valence-electron chi connectivity index (χ0n) is 14.3. The number of rotatable bonds is 6. The third kappa shape index (κ3) is 4.29. The van der Waals surface area contributed by atoms with Crippen LogP contribution in [0.2, 0.25) is 0 Å². The van der Waals surface area contributed by atoms with E-state index in [2.05, 4.69) is 11.4 Å². The van der Waals surface area contributed by atoms with Crippen molar-refractivity contribution >= 4 is 17.2 Å². The van der Waals surface area contributed by atoms with Crippen molar-refractivity contribution in [2.24, 2.45) is 0 Å². The van der Waals surface area contributed by atoms with E-state index in [0.717, 1.165) is 10.4 Å². The Labute approximate surface area is 156 Å². The Bertz CT molecular complexity index is 912. The molecular weight excluding hydrogens is 344 g/mol. The van der Waals surface area contributed by atoms with Gasteiger partial charge in [0.15, 0.2) is 0 Å². The molecule has 1 heterocycles. The lowest BCUT2D eigenvalue weighted by Gasteiger charge is -2.13. The number of nitrogens with one attached hydrogen (secondary N) is 1. The molecule has 0 radical (unpaired) electrons. The summed E-state index contributed by atoms with van der Waals surface area (Å²) in [5.74, 6) is 0.535. The van der Waals surface area contributed by atoms with Gasteiger partial charge in [0.25, 0.3) is 5.91 Å². The number of benzene rings is 2. The van der Waals surface area contributed by atoms with Crippen LogP contribution in [0, 0.1) is 11.3 Å². The fourth-order valence-electron chi connectivity index (χ4n) is 2.51. The molecule has 0 aliphatic rings. The van der Waals surface area contributed by atoms with E-state index < -0.39 is 0 Å². The van der Waals surface area contributed by atoms with Crippen LogP contribution < -0.4 is 10.1 Å². The minimum absolute atomic E-state index is 0.0269. The lowest BCUT2D eigenvalue weighted by atomic mass is 10.1. The van der Waals surface area contributed by atoms with E-state index in [0.29, 0.717) is 23.5 Å². The number of carbonyl (C=O) groups is 1. The van der Waals surface area contributed by atoms with Crippen molar-refractivity contribution in [3.05, 3.63) is 87.6 Å². The predicted octanol–water partition coefficient (Wildman–Crippen LogP) is 4.69. The second-order valence-electron chi connectivity index (χ2n) is 5.79. The Kier molecular flexibility index (Phi) is 5.67. The molecule has 1 atom stereocenters. The van der Waals surface area contributed by atoms with Gasteiger partial charge in [0.1, 0.15) is 12.4 Å². The molecule has 0 saturated heterocycles. The maximum Gasteiger partial charge on any atom is 0.251 e. The van der Waals surface area contributed by atoms with E-state index in [-0.39, 0.29) is 11.9 Å². The van der Waals surface area contributed by atoms with Crippen LogP contribution in [0.1, 0.15) is 39.3 Å². The first kappa shape index (κ1) is 17.7. The van der Waals surface area contributed by atoms with Crippen molar-refractivity contribution in [1.82, 2.24) is 5.32 Å². The molecule has 1 amide bonds. The summed E-state index contributed by atoms with van der Waals surface area (Å²) in [5.41, 5.74) is 2.02. The fourth-order valence-corrected chi connectivity index (χ4v) is 3.24. The standard InChI is InChI=1S/C21H18N2O2S/c1-15(20-7-4-12-26-20)23-21(24)16-8-10-19(11-9-16)25-14-18-6-3-2-5-17(18)13-22/h2-12,15H,14H2,1H3,(H,23,24)/t15-/m1/s1. The van der Waals surface area contributed by atoms with E-state index in [9.17, 15) is 4.79 Å². The van der Waals surface area contributed by atoms with Crippen LogP contribution >= 0.6 is 11.3 Å². The normalized spacial score (nSPS) is 11.4. The highest BCUT2D eigenvalue weighted by molar-refractivity contribution is 7.10. The van der Waals surface area contributed by atoms with E-state index in [1.807, 2.05) is 42.6 Å². The van der Waals surface area contributed by atoms with Crippen molar-refractivity contribution in [3.63, 3.8) is 0 Å². The monoisotopic (exact) mass is 362 g/mol. The maximum absolute atomic E-state index is 12.3. The second kappa shape index (κ2) is 8.32. The van der Waals surface area contributed by atoms with Gasteiger partial charge in [-0.2, -0.15) is 5.26 Å². The average molecular weight is 362 g/mol. The first-order valence-corrected chi connectivity index (χ1v) is 9.10. The number of amides is 1. The zero-order chi connectivity index (χ0) is 18.4. The predicted molar refractivity (Wildman–Crippen MR) is 102 cm³/mol. The zero-order valence-corrected chi connectivity index (χ0v) is 15.1. The van der Waals surface area contributed by atoms with Gasteiger partial charge in [-0.25, -0.2) is 0 Å². The molecule has 26 heavy (non-hydrogen) atoms. The molecule has 2 aromatic carbocycles. The number of thiophene rings is 1. The summed E-state index contributed by atoms with van der Waals surface area (Å²) in [4.78, 5) is 13.5. The van der Waals surface area contributed by atoms with Gasteiger partial charge in [-0.05, 0) is 48.7 Å². The largest absolute Gasteiger partial charge is 0.489 e. The second-order valence-corrected chi connectivity index (χ2v) is 6.77. The van der Waals surface area contributed by atoms with Crippen LogP contribution in [-0.2, 0) is 6.61 Å². The highest BCUT2D eigenvalue weighted by Crippen LogP contribution is 2.20. The van der Waals surface area contributed by atoms with Gasteiger partial charge in [-0.3, -0.25) is 4.79 Å². The molecule has 1 aromatic heterocycles. The molecular formula is C21H18N2O2S. The SMILES string of the molecule is C[C@@H](NC(=O)c1ccc(OCc2ccccc2C#N)cc1)c1cccs1. The summed E-state index contributed by atoms with van der Waals surface area (Å²) in [5, 5.41) is 14.1. The number of hydrogen-bond donors (Lipinski definition) is 1. The summed E-state index contributed by atoms with van der Waals surface area (Å²) in [6, 6.07) is 20.4. The molecule has 0 fully saturated rings. The van der Waals surface area contributed by atoms with Gasteiger partial charge in [-0.1, -0.05) is 24.3 Å². The first-order chi connectivity index (χ1) is 12.7. The van der Waals surface area contributed by atoms with E-state index >= 15 is 0 Å². The summed E-state index contributed by atoms with van der Waals surface area (Å²) in [7, 11) is 0. The van der Waals surface area contributed by atoms with Gasteiger partial charge in [0.05, 0.1) is 17.7 Å². The molecule has 0 bridgehead atoms. The minimum atomic E-state index is -0.118. The van der Waals surface area contributed by atoms with Crippen molar-refractivity contribution in [3.8, 4) is 11.8 Å². The van der Waals surface area contributed by atoms with E-state index in [1.165, 1.54) is 0 Å². The summed E-state index contributed by atoms with van der Waals surface area (Å²) >= 11 is 1.62. The molecule has 130 valence electrons. The van der Waals surface area contributed by atoms with Crippen molar-refractivity contribution < 1.29 is 9.53 Å². The van der Waals surface area contributed by atoms with Gasteiger partial charge >= 0.3 is 0 Å². The topological polar surface area (TPSA) is 62.1 Å². The van der Waals surface area contributed by atoms with Gasteiger partial charge in [0, 0.05) is 16.0 Å². The van der Waals surface area contributed by atoms with Crippen molar-refractivity contribution in [2.45, 2.75) is 19.6 Å². The summed E-state index contributed by atoms with van der Waals surface area (Å²) in [6.07, 6.45) is 0. The molecule has 0 spiro atoms. The Balaban J connectivity index is 1.59. The van der Waals surface area contributed by atoms with Crippen LogP contribution in [0.25, 0.3) is 0 Å². The van der Waals surface area contributed by atoms with Gasteiger partial charge in [0.2, 0.25) is 0 Å². The smallest absolute Gasteiger partial charge is 0.251 e. The number of ether oxygens (including phenoxy) is 1. The Hall–Kier alpha value is -3.10. The molecule has 0 aliphatic carbocycles. The molecule has 1 N–H and O–H groups in total. The summed E-state index contributed by atoms with van der Waals surface area (Å²) in [6.45, 7) is 2.28. The van der Waals surface area contributed by atoms with Crippen LogP contribution in [0.5, 0.6) is 5.75 Å². The van der Waals surface area contributed by atoms with Crippen LogP contribution in [0.3, 0.4) is 0 Å². The van der Waals surface area contributed by atoms with Gasteiger partial charge < -0.3 is 10.1 Å². The average Bonchev–Trinajstić information content (AvgIpc) is 3.22. The van der Waals surface area contributed by atoms with Crippen molar-refractivity contribution in [2.75, 3.05) is 0 Å². The lowest BCUT2D eigenvalue weighted by molar-refractivity contribution is 0.0940. The van der Waals surface area contributed by atoms with E-state index in [4.69, 9.17) is 10.00 Å². The third-order valence-electron chi connectivity index (χ3n) is 3.97. The first-order valence-electron chi connectivity index (χ1n) is 8.22. The van der Waals surface area contributed by atoms with Crippen LogP contribution in [0.15, 0.2) is 66.0 Å². The maximum atomic E-state index is 12.3. The van der Waals surface area contributed by atoms with Gasteiger partial charge in [-0.15, -0.1) is 11.3 Å². The molecule has 4 nitrogen and oxygen atoms in total. The molecule has 0 unspecified atom stereocenters. The quantitative estimate of drug-likeness (QED) is 0.692. The van der Waals surface area contributed by atoms with Crippen LogP contribution in [0.4, 0.5) is 0 Å². The minimum Gasteiger partial charge on any atom is -0.489 e. The Morgan fingerprint density at radius 3 is 2.62 bits per heavy atom. The number of hydrogen-bond acceptors (Lipinski definition) is 4. The number of nitriles is 1. The lowest BCUT2D eigenvalue weighted by Crippen LogP contribution is -2.25. The van der Waals surface area contributed by atoms with E-state index in [1.54, 1.807) is 41.7 Å². The Morgan fingerprint density at radius 1 is 1.15 bits per heavy atom.